The zero-order valence-corrected chi connectivity index (χ0v) is 15.4. The van der Waals surface area contributed by atoms with E-state index < -0.39 is 8.32 Å². The van der Waals surface area contributed by atoms with Crippen LogP contribution in [0.5, 0.6) is 0 Å². The van der Waals surface area contributed by atoms with Gasteiger partial charge in [0.25, 0.3) is 8.32 Å². The molecule has 2 rings (SSSR count). The quantitative estimate of drug-likeness (QED) is 0.632. The van der Waals surface area contributed by atoms with E-state index in [9.17, 15) is 0 Å². The fourth-order valence-corrected chi connectivity index (χ4v) is 7.70. The second-order valence-electron chi connectivity index (χ2n) is 7.00. The molecule has 1 unspecified atom stereocenters. The van der Waals surface area contributed by atoms with Gasteiger partial charge in [0.2, 0.25) is 0 Å². The molecule has 0 aliphatic rings. The normalized spacial score (nSPS) is 13.8. The minimum Gasteiger partial charge on any atom is -0.406 e. The van der Waals surface area contributed by atoms with E-state index >= 15 is 0 Å². The third kappa shape index (κ3) is 3.72. The predicted octanol–water partition coefficient (Wildman–Crippen LogP) is 2.93. The van der Waals surface area contributed by atoms with Gasteiger partial charge in [-0.1, -0.05) is 81.4 Å². The van der Waals surface area contributed by atoms with Crippen molar-refractivity contribution >= 4 is 18.7 Å². The van der Waals surface area contributed by atoms with E-state index in [1.807, 2.05) is 19.1 Å². The van der Waals surface area contributed by atoms with Gasteiger partial charge in [0.1, 0.15) is 0 Å². The number of benzene rings is 2. The Morgan fingerprint density at radius 2 is 1.39 bits per heavy atom. The van der Waals surface area contributed by atoms with Crippen LogP contribution in [0.15, 0.2) is 60.7 Å². The minimum atomic E-state index is -2.48. The van der Waals surface area contributed by atoms with Crippen LogP contribution in [-0.2, 0) is 4.43 Å². The van der Waals surface area contributed by atoms with Gasteiger partial charge >= 0.3 is 0 Å². The van der Waals surface area contributed by atoms with Gasteiger partial charge in [0, 0.05) is 0 Å². The number of nitrogens with one attached hydrogen (secondary N) is 1. The van der Waals surface area contributed by atoms with Gasteiger partial charge in [-0.25, -0.2) is 5.48 Å². The molecule has 0 aliphatic heterocycles. The summed E-state index contributed by atoms with van der Waals surface area (Å²) in [4.78, 5) is 0. The van der Waals surface area contributed by atoms with Crippen LogP contribution in [0.4, 0.5) is 0 Å². The second kappa shape index (κ2) is 7.40. The summed E-state index contributed by atoms with van der Waals surface area (Å²) in [5.74, 6) is 0. The molecular weight excluding hydrogens is 302 g/mol. The molecule has 0 aromatic heterocycles. The van der Waals surface area contributed by atoms with E-state index in [0.29, 0.717) is 6.61 Å². The van der Waals surface area contributed by atoms with Crippen LogP contribution in [0.25, 0.3) is 0 Å². The van der Waals surface area contributed by atoms with Gasteiger partial charge in [-0.05, 0) is 22.3 Å². The van der Waals surface area contributed by atoms with E-state index in [1.165, 1.54) is 10.4 Å². The van der Waals surface area contributed by atoms with Crippen LogP contribution < -0.4 is 15.9 Å². The molecule has 0 bridgehead atoms. The first-order valence-corrected chi connectivity index (χ1v) is 9.97. The Hall–Kier alpha value is -1.46. The first-order valence-electron chi connectivity index (χ1n) is 8.06. The molecule has 2 N–H and O–H groups in total. The summed E-state index contributed by atoms with van der Waals surface area (Å²) in [6.45, 7) is 9.12. The highest BCUT2D eigenvalue weighted by Crippen LogP contribution is 2.36. The Balaban J connectivity index is 2.60. The van der Waals surface area contributed by atoms with Crippen LogP contribution in [0.2, 0.25) is 5.04 Å². The maximum atomic E-state index is 9.16. The molecule has 0 saturated heterocycles. The lowest BCUT2D eigenvalue weighted by Crippen LogP contribution is -2.67. The Morgan fingerprint density at radius 3 is 1.74 bits per heavy atom. The van der Waals surface area contributed by atoms with Crippen LogP contribution in [-0.4, -0.2) is 26.2 Å². The van der Waals surface area contributed by atoms with Crippen molar-refractivity contribution in [3.05, 3.63) is 60.7 Å². The first kappa shape index (κ1) is 17.9. The maximum Gasteiger partial charge on any atom is 0.261 e. The van der Waals surface area contributed by atoms with Crippen LogP contribution in [0, 0.1) is 0 Å². The third-order valence-electron chi connectivity index (χ3n) is 4.19. The van der Waals surface area contributed by atoms with Gasteiger partial charge < -0.3 is 9.63 Å². The molecule has 0 spiro atoms. The average Bonchev–Trinajstić information content (AvgIpc) is 2.56. The molecule has 0 amide bonds. The molecule has 0 radical (unpaired) electrons. The largest absolute Gasteiger partial charge is 0.406 e. The zero-order chi connectivity index (χ0) is 16.9. The van der Waals surface area contributed by atoms with Crippen LogP contribution in [0.3, 0.4) is 0 Å². The van der Waals surface area contributed by atoms with Gasteiger partial charge in [0.05, 0.1) is 12.6 Å². The third-order valence-corrected chi connectivity index (χ3v) is 9.19. The Kier molecular flexibility index (Phi) is 5.76. The molecule has 23 heavy (non-hydrogen) atoms. The molecule has 0 aliphatic carbocycles. The number of rotatable bonds is 6. The van der Waals surface area contributed by atoms with Crippen molar-refractivity contribution in [1.82, 2.24) is 5.48 Å². The van der Waals surface area contributed by atoms with Gasteiger partial charge in [-0.3, -0.25) is 0 Å². The molecule has 3 nitrogen and oxygen atoms in total. The van der Waals surface area contributed by atoms with Crippen molar-refractivity contribution < 1.29 is 9.63 Å². The lowest BCUT2D eigenvalue weighted by Gasteiger charge is -2.43. The topological polar surface area (TPSA) is 41.5 Å². The highest BCUT2D eigenvalue weighted by molar-refractivity contribution is 6.99. The Labute approximate surface area is 140 Å². The standard InChI is InChI=1S/C19H27NO2Si/c1-16(20-21)15-22-23(19(2,3)4,17-11-7-5-8-12-17)18-13-9-6-10-14-18/h5-14,16,20-21H,15H2,1-4H3. The molecule has 0 heterocycles. The van der Waals surface area contributed by atoms with Crippen molar-refractivity contribution in [3.8, 4) is 0 Å². The lowest BCUT2D eigenvalue weighted by atomic mass is 10.2. The highest BCUT2D eigenvalue weighted by Gasteiger charge is 2.50. The molecule has 0 saturated carbocycles. The highest BCUT2D eigenvalue weighted by atomic mass is 28.4. The van der Waals surface area contributed by atoms with Crippen molar-refractivity contribution in [1.29, 1.82) is 0 Å². The molecule has 124 valence electrons. The lowest BCUT2D eigenvalue weighted by molar-refractivity contribution is 0.102. The van der Waals surface area contributed by atoms with Crippen molar-refractivity contribution in [3.63, 3.8) is 0 Å². The number of hydrogen-bond donors (Lipinski definition) is 2. The van der Waals surface area contributed by atoms with Crippen molar-refractivity contribution in [2.24, 2.45) is 0 Å². The van der Waals surface area contributed by atoms with Crippen LogP contribution >= 0.6 is 0 Å². The summed E-state index contributed by atoms with van der Waals surface area (Å²) in [7, 11) is -2.48. The summed E-state index contributed by atoms with van der Waals surface area (Å²) >= 11 is 0. The van der Waals surface area contributed by atoms with E-state index in [2.05, 4.69) is 74.8 Å². The van der Waals surface area contributed by atoms with Gasteiger partial charge in [0.15, 0.2) is 0 Å². The molecular formula is C19H27NO2Si. The molecule has 2 aromatic carbocycles. The van der Waals surface area contributed by atoms with Crippen LogP contribution in [0.1, 0.15) is 27.7 Å². The molecule has 4 heteroatoms. The summed E-state index contributed by atoms with van der Waals surface area (Å²) in [5, 5.41) is 11.6. The number of hydrogen-bond acceptors (Lipinski definition) is 3. The Morgan fingerprint density at radius 1 is 0.957 bits per heavy atom. The maximum absolute atomic E-state index is 9.16. The summed E-state index contributed by atoms with van der Waals surface area (Å²) in [6, 6.07) is 20.9. The zero-order valence-electron chi connectivity index (χ0n) is 14.4. The van der Waals surface area contributed by atoms with E-state index in [1.54, 1.807) is 0 Å². The summed E-state index contributed by atoms with van der Waals surface area (Å²) in [5.41, 5.74) is 2.29. The molecule has 1 atom stereocenters. The molecule has 0 fully saturated rings. The van der Waals surface area contributed by atoms with Crippen molar-refractivity contribution in [2.75, 3.05) is 6.61 Å². The fourth-order valence-electron chi connectivity index (χ4n) is 3.05. The Bertz CT molecular complexity index is 556. The van der Waals surface area contributed by atoms with E-state index in [-0.39, 0.29) is 11.1 Å². The molecule has 2 aromatic rings. The first-order chi connectivity index (χ1) is 10.9. The SMILES string of the molecule is CC(CO[Si](c1ccccc1)(c1ccccc1)C(C)(C)C)NO. The second-order valence-corrected chi connectivity index (χ2v) is 11.3. The monoisotopic (exact) mass is 329 g/mol. The summed E-state index contributed by atoms with van der Waals surface area (Å²) < 4.78 is 6.64. The fraction of sp³-hybridized carbons (Fsp3) is 0.368. The minimum absolute atomic E-state index is 0.0368. The predicted molar refractivity (Wildman–Crippen MR) is 98.0 cm³/mol. The van der Waals surface area contributed by atoms with E-state index in [4.69, 9.17) is 9.63 Å². The van der Waals surface area contributed by atoms with Gasteiger partial charge in [-0.2, -0.15) is 0 Å². The van der Waals surface area contributed by atoms with Gasteiger partial charge in [-0.15, -0.1) is 0 Å². The summed E-state index contributed by atoms with van der Waals surface area (Å²) in [6.07, 6.45) is 0. The van der Waals surface area contributed by atoms with E-state index in [0.717, 1.165) is 0 Å². The average molecular weight is 330 g/mol. The number of hydroxylamine groups is 1. The van der Waals surface area contributed by atoms with Crippen molar-refractivity contribution in [2.45, 2.75) is 38.8 Å². The smallest absolute Gasteiger partial charge is 0.261 e.